The lowest BCUT2D eigenvalue weighted by molar-refractivity contribution is -0.134. The summed E-state index contributed by atoms with van der Waals surface area (Å²) in [6.45, 7) is 0.338. The molecule has 1 heterocycles. The van der Waals surface area contributed by atoms with Gasteiger partial charge in [0.15, 0.2) is 0 Å². The van der Waals surface area contributed by atoms with Gasteiger partial charge >= 0.3 is 0 Å². The SMILES string of the molecule is CS(=O)(=O)NCC(=O)N1CC[C@H](Oc2cccc(Cl)c2)[C@@H](CC(N)=O)C1. The Bertz CT molecular complexity index is 771. The van der Waals surface area contributed by atoms with Gasteiger partial charge in [0.05, 0.1) is 12.8 Å². The van der Waals surface area contributed by atoms with Crippen molar-refractivity contribution < 1.29 is 22.7 Å². The zero-order chi connectivity index (χ0) is 19.3. The Labute approximate surface area is 157 Å². The van der Waals surface area contributed by atoms with E-state index in [1.54, 1.807) is 24.3 Å². The number of nitrogens with one attached hydrogen (secondary N) is 1. The number of hydrogen-bond donors (Lipinski definition) is 2. The summed E-state index contributed by atoms with van der Waals surface area (Å²) in [5.41, 5.74) is 5.33. The van der Waals surface area contributed by atoms with Crippen LogP contribution < -0.4 is 15.2 Å². The van der Waals surface area contributed by atoms with Crippen LogP contribution in [0.1, 0.15) is 12.8 Å². The number of likely N-dealkylation sites (tertiary alicyclic amines) is 1. The minimum Gasteiger partial charge on any atom is -0.490 e. The molecule has 1 fully saturated rings. The molecule has 0 radical (unpaired) electrons. The summed E-state index contributed by atoms with van der Waals surface area (Å²) in [6.07, 6.45) is 1.25. The van der Waals surface area contributed by atoms with Crippen molar-refractivity contribution in [3.63, 3.8) is 0 Å². The molecule has 8 nitrogen and oxygen atoms in total. The Balaban J connectivity index is 2.03. The van der Waals surface area contributed by atoms with Crippen LogP contribution in [0.15, 0.2) is 24.3 Å². The van der Waals surface area contributed by atoms with Gasteiger partial charge in [0.25, 0.3) is 0 Å². The molecular weight excluding hydrogens is 382 g/mol. The van der Waals surface area contributed by atoms with E-state index in [2.05, 4.69) is 4.72 Å². The number of nitrogens with zero attached hydrogens (tertiary/aromatic N) is 1. The van der Waals surface area contributed by atoms with Crippen molar-refractivity contribution in [1.82, 2.24) is 9.62 Å². The molecular formula is C16H22ClN3O5S. The van der Waals surface area contributed by atoms with Crippen LogP contribution in [0.3, 0.4) is 0 Å². The number of carbonyl (C=O) groups is 2. The van der Waals surface area contributed by atoms with E-state index in [-0.39, 0.29) is 37.4 Å². The van der Waals surface area contributed by atoms with Gasteiger partial charge in [-0.15, -0.1) is 0 Å². The topological polar surface area (TPSA) is 119 Å². The third-order valence-electron chi connectivity index (χ3n) is 4.05. The number of halogens is 1. The first-order valence-corrected chi connectivity index (χ1v) is 10.3. The second-order valence-electron chi connectivity index (χ2n) is 6.27. The second-order valence-corrected chi connectivity index (χ2v) is 8.54. The standard InChI is InChI=1S/C16H22ClN3O5S/c1-26(23,24)19-9-16(22)20-6-5-14(11(10-20)7-15(18)21)25-13-4-2-3-12(17)8-13/h2-4,8,11,14,19H,5-7,9-10H2,1H3,(H2,18,21)/t11-,14-/m0/s1. The lowest BCUT2D eigenvalue weighted by Gasteiger charge is -2.38. The van der Waals surface area contributed by atoms with Gasteiger partial charge in [-0.25, -0.2) is 13.1 Å². The van der Waals surface area contributed by atoms with Crippen LogP contribution >= 0.6 is 11.6 Å². The van der Waals surface area contributed by atoms with Gasteiger partial charge in [0, 0.05) is 36.9 Å². The average molecular weight is 404 g/mol. The third-order valence-corrected chi connectivity index (χ3v) is 4.95. The summed E-state index contributed by atoms with van der Waals surface area (Å²) in [5.74, 6) is -0.553. The number of piperidine rings is 1. The summed E-state index contributed by atoms with van der Waals surface area (Å²) in [4.78, 5) is 25.1. The number of nitrogens with two attached hydrogens (primary N) is 1. The first kappa shape index (κ1) is 20.5. The molecule has 2 amide bonds. The first-order chi connectivity index (χ1) is 12.1. The van der Waals surface area contributed by atoms with E-state index in [0.717, 1.165) is 6.26 Å². The van der Waals surface area contributed by atoms with Crippen LogP contribution in [-0.4, -0.2) is 57.1 Å². The van der Waals surface area contributed by atoms with E-state index in [4.69, 9.17) is 22.1 Å². The van der Waals surface area contributed by atoms with Crippen molar-refractivity contribution in [2.45, 2.75) is 18.9 Å². The molecule has 1 aliphatic rings. The molecule has 10 heteroatoms. The van der Waals surface area contributed by atoms with Gasteiger partial charge in [-0.2, -0.15) is 0 Å². The minimum absolute atomic E-state index is 0.0640. The smallest absolute Gasteiger partial charge is 0.237 e. The molecule has 144 valence electrons. The van der Waals surface area contributed by atoms with Crippen LogP contribution in [0, 0.1) is 5.92 Å². The van der Waals surface area contributed by atoms with Crippen LogP contribution in [-0.2, 0) is 19.6 Å². The molecule has 0 aliphatic carbocycles. The van der Waals surface area contributed by atoms with Gasteiger partial charge in [0.1, 0.15) is 11.9 Å². The quantitative estimate of drug-likeness (QED) is 0.681. The Morgan fingerprint density at radius 1 is 1.42 bits per heavy atom. The monoisotopic (exact) mass is 403 g/mol. The van der Waals surface area contributed by atoms with E-state index >= 15 is 0 Å². The van der Waals surface area contributed by atoms with Crippen molar-refractivity contribution >= 4 is 33.4 Å². The number of carbonyl (C=O) groups excluding carboxylic acids is 2. The average Bonchev–Trinajstić information content (AvgIpc) is 2.53. The summed E-state index contributed by atoms with van der Waals surface area (Å²) < 4.78 is 30.4. The van der Waals surface area contributed by atoms with Crippen LogP contribution in [0.25, 0.3) is 0 Å². The van der Waals surface area contributed by atoms with Crippen molar-refractivity contribution in [3.8, 4) is 5.75 Å². The summed E-state index contributed by atoms with van der Waals surface area (Å²) in [7, 11) is -3.45. The van der Waals surface area contributed by atoms with Crippen molar-refractivity contribution in [1.29, 1.82) is 0 Å². The van der Waals surface area contributed by atoms with E-state index in [0.29, 0.717) is 23.7 Å². The Morgan fingerprint density at radius 2 is 2.15 bits per heavy atom. The normalized spacial score (nSPS) is 20.6. The van der Waals surface area contributed by atoms with Crippen LogP contribution in [0.2, 0.25) is 5.02 Å². The van der Waals surface area contributed by atoms with Gasteiger partial charge < -0.3 is 15.4 Å². The highest BCUT2D eigenvalue weighted by Crippen LogP contribution is 2.27. The number of hydrogen-bond acceptors (Lipinski definition) is 5. The molecule has 0 spiro atoms. The van der Waals surface area contributed by atoms with E-state index in [9.17, 15) is 18.0 Å². The largest absolute Gasteiger partial charge is 0.490 e. The number of primary amides is 1. The lowest BCUT2D eigenvalue weighted by Crippen LogP contribution is -2.51. The molecule has 0 unspecified atom stereocenters. The maximum Gasteiger partial charge on any atom is 0.237 e. The number of ether oxygens (including phenoxy) is 1. The fourth-order valence-electron chi connectivity index (χ4n) is 2.87. The van der Waals surface area contributed by atoms with Crippen molar-refractivity contribution in [2.75, 3.05) is 25.9 Å². The van der Waals surface area contributed by atoms with Gasteiger partial charge in [-0.05, 0) is 18.2 Å². The van der Waals surface area contributed by atoms with Crippen LogP contribution in [0.5, 0.6) is 5.75 Å². The fraction of sp³-hybridized carbons (Fsp3) is 0.500. The highest BCUT2D eigenvalue weighted by atomic mass is 35.5. The second kappa shape index (κ2) is 8.70. The predicted molar refractivity (Wildman–Crippen MR) is 97.2 cm³/mol. The summed E-state index contributed by atoms with van der Waals surface area (Å²) in [6, 6.07) is 6.93. The molecule has 3 N–H and O–H groups in total. The van der Waals surface area contributed by atoms with E-state index < -0.39 is 15.9 Å². The van der Waals surface area contributed by atoms with Gasteiger partial charge in [-0.1, -0.05) is 17.7 Å². The molecule has 1 saturated heterocycles. The first-order valence-electron chi connectivity index (χ1n) is 8.07. The minimum atomic E-state index is -3.45. The Hall–Kier alpha value is -1.84. The maximum absolute atomic E-state index is 12.2. The van der Waals surface area contributed by atoms with Crippen LogP contribution in [0.4, 0.5) is 0 Å². The number of benzene rings is 1. The Morgan fingerprint density at radius 3 is 2.77 bits per heavy atom. The molecule has 1 aliphatic heterocycles. The number of sulfonamides is 1. The highest BCUT2D eigenvalue weighted by Gasteiger charge is 2.34. The molecule has 0 aromatic heterocycles. The molecule has 1 aromatic carbocycles. The lowest BCUT2D eigenvalue weighted by atomic mass is 9.91. The van der Waals surface area contributed by atoms with Crippen molar-refractivity contribution in [3.05, 3.63) is 29.3 Å². The highest BCUT2D eigenvalue weighted by molar-refractivity contribution is 7.88. The number of rotatable bonds is 7. The molecule has 26 heavy (non-hydrogen) atoms. The molecule has 2 atom stereocenters. The molecule has 0 bridgehead atoms. The van der Waals surface area contributed by atoms with Crippen molar-refractivity contribution in [2.24, 2.45) is 11.7 Å². The molecule has 1 aromatic rings. The van der Waals surface area contributed by atoms with Gasteiger partial charge in [0.2, 0.25) is 21.8 Å². The third kappa shape index (κ3) is 6.47. The summed E-state index contributed by atoms with van der Waals surface area (Å²) in [5, 5.41) is 0.536. The van der Waals surface area contributed by atoms with E-state index in [1.165, 1.54) is 4.90 Å². The zero-order valence-electron chi connectivity index (χ0n) is 14.4. The maximum atomic E-state index is 12.2. The zero-order valence-corrected chi connectivity index (χ0v) is 15.9. The summed E-state index contributed by atoms with van der Waals surface area (Å²) >= 11 is 5.96. The van der Waals surface area contributed by atoms with E-state index in [1.807, 2.05) is 0 Å². The molecule has 2 rings (SSSR count). The fourth-order valence-corrected chi connectivity index (χ4v) is 3.43. The Kier molecular flexibility index (Phi) is 6.85. The number of amides is 2. The molecule has 0 saturated carbocycles. The predicted octanol–water partition coefficient (Wildman–Crippen LogP) is 0.361. The van der Waals surface area contributed by atoms with Gasteiger partial charge in [-0.3, -0.25) is 9.59 Å².